The molecule has 8 heteroatoms. The van der Waals surface area contributed by atoms with Gasteiger partial charge in [-0.3, -0.25) is 19.1 Å². The molecule has 2 fully saturated rings. The van der Waals surface area contributed by atoms with Gasteiger partial charge in [0.05, 0.1) is 11.5 Å². The van der Waals surface area contributed by atoms with E-state index in [1.165, 1.54) is 6.92 Å². The Labute approximate surface area is 226 Å². The molecule has 1 N–H and O–H groups in total. The summed E-state index contributed by atoms with van der Waals surface area (Å²) in [6, 6.07) is 0. The minimum atomic E-state index is -1.16. The van der Waals surface area contributed by atoms with Crippen LogP contribution in [0.2, 0.25) is 0 Å². The predicted molar refractivity (Wildman–Crippen MR) is 141 cm³/mol. The molecule has 0 unspecified atom stereocenters. The summed E-state index contributed by atoms with van der Waals surface area (Å²) in [5.74, 6) is -1.57. The second-order valence-corrected chi connectivity index (χ2v) is 11.3. The molecule has 3 rings (SSSR count). The van der Waals surface area contributed by atoms with Crippen molar-refractivity contribution in [1.82, 2.24) is 0 Å². The van der Waals surface area contributed by atoms with Crippen LogP contribution in [0.3, 0.4) is 0 Å². The van der Waals surface area contributed by atoms with Crippen molar-refractivity contribution in [3.63, 3.8) is 0 Å². The number of hydrogen-bond donors (Lipinski definition) is 1. The normalized spacial score (nSPS) is 36.4. The molecule has 1 saturated carbocycles. The predicted octanol–water partition coefficient (Wildman–Crippen LogP) is 5.15. The number of hydrogen-bond acceptors (Lipinski definition) is 8. The Bertz CT molecular complexity index is 983. The standard InChI is InChI=1S/C30H44O8/c1-8-11-25(33)36-21-16-22-27(37-26(34)12-9-2)38-28(35-20(6)31)30(22)23(17-21)29(7,14-13-18(4)10-3)19(5)15-24(30)32/h10,13,16,19,21,23-24,27-28,32H,3,8-9,11-12,14-15,17H2,1-2,4-7H3/b18-13-/t19-,21+,23+,24+,27+,28-,29-,30-/m1/s1. The Hall–Kier alpha value is -2.45. The highest BCUT2D eigenvalue weighted by atomic mass is 16.8. The number of aliphatic hydroxyl groups excluding tert-OH is 1. The summed E-state index contributed by atoms with van der Waals surface area (Å²) in [5.41, 5.74) is -0.0219. The van der Waals surface area contributed by atoms with E-state index in [9.17, 15) is 19.5 Å². The molecule has 0 aromatic heterocycles. The van der Waals surface area contributed by atoms with Gasteiger partial charge in [-0.1, -0.05) is 52.0 Å². The number of allylic oxidation sites excluding steroid dienone is 3. The van der Waals surface area contributed by atoms with E-state index in [4.69, 9.17) is 18.9 Å². The Morgan fingerprint density at radius 1 is 1.11 bits per heavy atom. The molecule has 0 aromatic rings. The quantitative estimate of drug-likeness (QED) is 0.178. The molecule has 38 heavy (non-hydrogen) atoms. The fourth-order valence-electron chi connectivity index (χ4n) is 6.53. The summed E-state index contributed by atoms with van der Waals surface area (Å²) in [4.78, 5) is 37.4. The highest BCUT2D eigenvalue weighted by molar-refractivity contribution is 5.70. The Morgan fingerprint density at radius 3 is 2.32 bits per heavy atom. The molecule has 3 aliphatic rings. The van der Waals surface area contributed by atoms with E-state index in [2.05, 4.69) is 26.5 Å². The van der Waals surface area contributed by atoms with Gasteiger partial charge < -0.3 is 19.3 Å². The second kappa shape index (κ2) is 12.2. The van der Waals surface area contributed by atoms with Gasteiger partial charge in [0.1, 0.15) is 6.10 Å². The molecular formula is C30H44O8. The molecule has 1 spiro atoms. The van der Waals surface area contributed by atoms with E-state index in [0.717, 1.165) is 5.57 Å². The molecule has 1 saturated heterocycles. The van der Waals surface area contributed by atoms with Crippen LogP contribution in [0.4, 0.5) is 0 Å². The zero-order chi connectivity index (χ0) is 28.3. The van der Waals surface area contributed by atoms with Crippen LogP contribution in [0.15, 0.2) is 36.0 Å². The van der Waals surface area contributed by atoms with Gasteiger partial charge in [0, 0.05) is 25.3 Å². The number of rotatable bonds is 10. The van der Waals surface area contributed by atoms with Crippen LogP contribution in [-0.4, -0.2) is 47.8 Å². The monoisotopic (exact) mass is 532 g/mol. The minimum Gasteiger partial charge on any atom is -0.458 e. The number of carbonyl (C=O) groups excluding carboxylic acids is 3. The fraction of sp³-hybridized carbons (Fsp3) is 0.700. The lowest BCUT2D eigenvalue weighted by atomic mass is 9.45. The smallest absolute Gasteiger partial charge is 0.308 e. The molecule has 1 aliphatic heterocycles. The molecule has 0 bridgehead atoms. The van der Waals surface area contributed by atoms with Crippen LogP contribution in [0.5, 0.6) is 0 Å². The third-order valence-corrected chi connectivity index (χ3v) is 8.74. The van der Waals surface area contributed by atoms with Crippen LogP contribution in [0, 0.1) is 22.7 Å². The van der Waals surface area contributed by atoms with Gasteiger partial charge in [0.2, 0.25) is 12.6 Å². The number of aliphatic hydroxyl groups is 1. The van der Waals surface area contributed by atoms with Gasteiger partial charge in [0.25, 0.3) is 0 Å². The summed E-state index contributed by atoms with van der Waals surface area (Å²) in [6.45, 7) is 15.2. The van der Waals surface area contributed by atoms with E-state index in [1.54, 1.807) is 12.2 Å². The van der Waals surface area contributed by atoms with Crippen molar-refractivity contribution in [3.8, 4) is 0 Å². The average Bonchev–Trinajstić information content (AvgIpc) is 3.13. The first-order valence-corrected chi connectivity index (χ1v) is 13.8. The van der Waals surface area contributed by atoms with Crippen LogP contribution >= 0.6 is 0 Å². The lowest BCUT2D eigenvalue weighted by molar-refractivity contribution is -0.254. The Morgan fingerprint density at radius 2 is 1.74 bits per heavy atom. The zero-order valence-electron chi connectivity index (χ0n) is 23.7. The van der Waals surface area contributed by atoms with Crippen LogP contribution in [-0.2, 0) is 33.3 Å². The zero-order valence-corrected chi connectivity index (χ0v) is 23.7. The number of esters is 3. The van der Waals surface area contributed by atoms with Crippen molar-refractivity contribution in [3.05, 3.63) is 36.0 Å². The first-order valence-electron chi connectivity index (χ1n) is 13.8. The topological polar surface area (TPSA) is 108 Å². The van der Waals surface area contributed by atoms with Crippen molar-refractivity contribution in [1.29, 1.82) is 0 Å². The van der Waals surface area contributed by atoms with Gasteiger partial charge in [-0.05, 0) is 62.4 Å². The van der Waals surface area contributed by atoms with Gasteiger partial charge >= 0.3 is 17.9 Å². The molecule has 2 aliphatic carbocycles. The molecule has 0 radical (unpaired) electrons. The van der Waals surface area contributed by atoms with Crippen molar-refractivity contribution >= 4 is 17.9 Å². The molecular weight excluding hydrogens is 488 g/mol. The van der Waals surface area contributed by atoms with Gasteiger partial charge in [-0.25, -0.2) is 0 Å². The van der Waals surface area contributed by atoms with E-state index in [1.807, 2.05) is 20.8 Å². The highest BCUT2D eigenvalue weighted by Gasteiger charge is 2.71. The maximum atomic E-state index is 12.6. The first kappa shape index (κ1) is 30.1. The van der Waals surface area contributed by atoms with E-state index in [-0.39, 0.29) is 30.6 Å². The molecule has 8 nitrogen and oxygen atoms in total. The highest BCUT2D eigenvalue weighted by Crippen LogP contribution is 2.67. The van der Waals surface area contributed by atoms with Gasteiger partial charge in [0.15, 0.2) is 0 Å². The molecule has 1 heterocycles. The van der Waals surface area contributed by atoms with E-state index < -0.39 is 47.6 Å². The second-order valence-electron chi connectivity index (χ2n) is 11.3. The van der Waals surface area contributed by atoms with Crippen molar-refractivity contribution < 1.29 is 38.4 Å². The van der Waals surface area contributed by atoms with E-state index >= 15 is 0 Å². The molecule has 8 atom stereocenters. The molecule has 0 aromatic carbocycles. The molecule has 212 valence electrons. The van der Waals surface area contributed by atoms with Crippen molar-refractivity contribution in [2.45, 2.75) is 111 Å². The lowest BCUT2D eigenvalue weighted by Crippen LogP contribution is -2.63. The number of carbonyl (C=O) groups is 3. The van der Waals surface area contributed by atoms with Gasteiger partial charge in [-0.15, -0.1) is 0 Å². The third-order valence-electron chi connectivity index (χ3n) is 8.74. The van der Waals surface area contributed by atoms with Crippen LogP contribution in [0.1, 0.15) is 86.5 Å². The maximum Gasteiger partial charge on any atom is 0.308 e. The van der Waals surface area contributed by atoms with Crippen LogP contribution in [0.25, 0.3) is 0 Å². The summed E-state index contributed by atoms with van der Waals surface area (Å²) in [6.07, 6.45) is 5.06. The summed E-state index contributed by atoms with van der Waals surface area (Å²) < 4.78 is 23.5. The van der Waals surface area contributed by atoms with Crippen molar-refractivity contribution in [2.75, 3.05) is 0 Å². The summed E-state index contributed by atoms with van der Waals surface area (Å²) >= 11 is 0. The van der Waals surface area contributed by atoms with Crippen molar-refractivity contribution in [2.24, 2.45) is 22.7 Å². The SMILES string of the molecule is C=C/C(C)=C\C[C@]1(C)[C@H](C)C[C@H](O)[C@@]23C(=C[C@H](OC(=O)CCC)C[C@@H]12)[C@@H](OC(=O)CCC)O[C@H]3OC(C)=O. The average molecular weight is 533 g/mol. The maximum absolute atomic E-state index is 12.6. The minimum absolute atomic E-state index is 0.0769. The van der Waals surface area contributed by atoms with Gasteiger partial charge in [-0.2, -0.15) is 0 Å². The fourth-order valence-corrected chi connectivity index (χ4v) is 6.53. The largest absolute Gasteiger partial charge is 0.458 e. The molecule has 0 amide bonds. The third kappa shape index (κ3) is 5.62. The van der Waals surface area contributed by atoms with E-state index in [0.29, 0.717) is 37.7 Å². The first-order chi connectivity index (χ1) is 17.9. The van der Waals surface area contributed by atoms with Crippen LogP contribution < -0.4 is 0 Å². The lowest BCUT2D eigenvalue weighted by Gasteiger charge is -2.60. The summed E-state index contributed by atoms with van der Waals surface area (Å²) in [5, 5.41) is 11.8. The number of ether oxygens (including phenoxy) is 4. The Balaban J connectivity index is 2.20. The Kier molecular flexibility index (Phi) is 9.63. The summed E-state index contributed by atoms with van der Waals surface area (Å²) in [7, 11) is 0.